The Hall–Kier alpha value is -1.91. The molecule has 0 spiro atoms. The van der Waals surface area contributed by atoms with Crippen LogP contribution in [0.3, 0.4) is 0 Å². The molecule has 2 aromatic rings. The Morgan fingerprint density at radius 1 is 1.47 bits per heavy atom. The third-order valence-corrected chi connectivity index (χ3v) is 4.06. The summed E-state index contributed by atoms with van der Waals surface area (Å²) in [5.41, 5.74) is 1.04. The molecule has 2 atom stereocenters. The van der Waals surface area contributed by atoms with Gasteiger partial charge in [-0.2, -0.15) is 0 Å². The second-order valence-corrected chi connectivity index (χ2v) is 5.12. The lowest BCUT2D eigenvalue weighted by molar-refractivity contribution is -0.142. The molecule has 19 heavy (non-hydrogen) atoms. The number of aliphatic carboxylic acids is 1. The van der Waals surface area contributed by atoms with Gasteiger partial charge in [-0.05, 0) is 25.0 Å². The van der Waals surface area contributed by atoms with Crippen LogP contribution >= 0.6 is 0 Å². The van der Waals surface area contributed by atoms with Gasteiger partial charge in [0.2, 0.25) is 0 Å². The summed E-state index contributed by atoms with van der Waals surface area (Å²) in [5, 5.41) is 9.25. The minimum Gasteiger partial charge on any atom is -0.481 e. The highest BCUT2D eigenvalue weighted by molar-refractivity contribution is 5.77. The van der Waals surface area contributed by atoms with Crippen LogP contribution in [0.2, 0.25) is 0 Å². The molecule has 1 N–H and O–H groups in total. The summed E-state index contributed by atoms with van der Waals surface area (Å²) in [4.78, 5) is 15.6. The van der Waals surface area contributed by atoms with Crippen molar-refractivity contribution in [3.63, 3.8) is 0 Å². The molecule has 1 aliphatic rings. The van der Waals surface area contributed by atoms with Crippen LogP contribution in [0.25, 0.3) is 11.0 Å². The molecule has 1 aliphatic carbocycles. The Labute approximate surface area is 109 Å². The molecule has 1 heterocycles. The Morgan fingerprint density at radius 3 is 2.95 bits per heavy atom. The van der Waals surface area contributed by atoms with E-state index in [4.69, 9.17) is 0 Å². The van der Waals surface area contributed by atoms with Crippen molar-refractivity contribution in [2.75, 3.05) is 0 Å². The average molecular weight is 262 g/mol. The SMILES string of the molecule is Cn1c(C2CCCC2C(=O)O)nc2c(F)cccc21. The van der Waals surface area contributed by atoms with Gasteiger partial charge in [0.25, 0.3) is 0 Å². The van der Waals surface area contributed by atoms with Crippen LogP contribution in [0.15, 0.2) is 18.2 Å². The number of carboxylic acids is 1. The molecule has 5 heteroatoms. The molecule has 0 saturated heterocycles. The Balaban J connectivity index is 2.13. The summed E-state index contributed by atoms with van der Waals surface area (Å²) < 4.78 is 15.6. The number of para-hydroxylation sites is 1. The van der Waals surface area contributed by atoms with Gasteiger partial charge < -0.3 is 9.67 Å². The number of halogens is 1. The van der Waals surface area contributed by atoms with Crippen molar-refractivity contribution in [1.82, 2.24) is 9.55 Å². The number of aryl methyl sites for hydroxylation is 1. The molecule has 4 nitrogen and oxygen atoms in total. The lowest BCUT2D eigenvalue weighted by Crippen LogP contribution is -2.19. The van der Waals surface area contributed by atoms with Gasteiger partial charge in [0.1, 0.15) is 11.3 Å². The van der Waals surface area contributed by atoms with Crippen molar-refractivity contribution in [3.05, 3.63) is 29.8 Å². The molecule has 0 radical (unpaired) electrons. The number of hydrogen-bond donors (Lipinski definition) is 1. The van der Waals surface area contributed by atoms with Gasteiger partial charge in [-0.15, -0.1) is 0 Å². The van der Waals surface area contributed by atoms with Crippen molar-refractivity contribution in [1.29, 1.82) is 0 Å². The smallest absolute Gasteiger partial charge is 0.307 e. The summed E-state index contributed by atoms with van der Waals surface area (Å²) in [5.74, 6) is -0.975. The maximum Gasteiger partial charge on any atom is 0.307 e. The van der Waals surface area contributed by atoms with Gasteiger partial charge in [-0.25, -0.2) is 9.37 Å². The molecule has 0 aliphatic heterocycles. The van der Waals surface area contributed by atoms with E-state index in [9.17, 15) is 14.3 Å². The predicted octanol–water partition coefficient (Wildman–Crippen LogP) is 2.68. The van der Waals surface area contributed by atoms with Crippen molar-refractivity contribution < 1.29 is 14.3 Å². The number of aromatic nitrogens is 2. The fourth-order valence-corrected chi connectivity index (χ4v) is 3.09. The molecule has 1 aromatic carbocycles. The molecular weight excluding hydrogens is 247 g/mol. The zero-order chi connectivity index (χ0) is 13.6. The third-order valence-electron chi connectivity index (χ3n) is 4.06. The van der Waals surface area contributed by atoms with Crippen LogP contribution < -0.4 is 0 Å². The second-order valence-electron chi connectivity index (χ2n) is 5.12. The first-order valence-electron chi connectivity index (χ1n) is 6.43. The van der Waals surface area contributed by atoms with E-state index in [1.54, 1.807) is 12.1 Å². The maximum atomic E-state index is 13.7. The molecule has 1 aromatic heterocycles. The molecule has 2 unspecified atom stereocenters. The summed E-state index contributed by atoms with van der Waals surface area (Å²) in [6, 6.07) is 4.83. The first-order valence-corrected chi connectivity index (χ1v) is 6.43. The van der Waals surface area contributed by atoms with Gasteiger partial charge in [-0.3, -0.25) is 4.79 Å². The standard InChI is InChI=1S/C14H15FN2O2/c1-17-11-7-3-6-10(15)12(11)16-13(17)8-4-2-5-9(8)14(18)19/h3,6-9H,2,4-5H2,1H3,(H,18,19). The van der Waals surface area contributed by atoms with Crippen LogP contribution in [-0.2, 0) is 11.8 Å². The Kier molecular flexibility index (Phi) is 2.77. The Bertz CT molecular complexity index is 650. The van der Waals surface area contributed by atoms with Crippen molar-refractivity contribution >= 4 is 17.0 Å². The van der Waals surface area contributed by atoms with Crippen molar-refractivity contribution in [2.24, 2.45) is 13.0 Å². The van der Waals surface area contributed by atoms with E-state index in [0.717, 1.165) is 12.8 Å². The zero-order valence-electron chi connectivity index (χ0n) is 10.6. The summed E-state index contributed by atoms with van der Waals surface area (Å²) in [7, 11) is 1.82. The lowest BCUT2D eigenvalue weighted by Gasteiger charge is -2.15. The molecule has 3 rings (SSSR count). The molecule has 0 bridgehead atoms. The highest BCUT2D eigenvalue weighted by atomic mass is 19.1. The van der Waals surface area contributed by atoms with Crippen LogP contribution in [0.1, 0.15) is 31.0 Å². The number of fused-ring (bicyclic) bond motifs is 1. The van der Waals surface area contributed by atoms with Crippen molar-refractivity contribution in [3.8, 4) is 0 Å². The van der Waals surface area contributed by atoms with Crippen LogP contribution in [-0.4, -0.2) is 20.6 Å². The number of rotatable bonds is 2. The first-order chi connectivity index (χ1) is 9.09. The van der Waals surface area contributed by atoms with Crippen LogP contribution in [0.4, 0.5) is 4.39 Å². The molecule has 1 saturated carbocycles. The minimum atomic E-state index is -0.782. The number of imidazole rings is 1. The van der Waals surface area contributed by atoms with E-state index in [2.05, 4.69) is 4.98 Å². The molecule has 1 fully saturated rings. The molecular formula is C14H15FN2O2. The topological polar surface area (TPSA) is 55.1 Å². The minimum absolute atomic E-state index is 0.116. The number of benzene rings is 1. The highest BCUT2D eigenvalue weighted by Crippen LogP contribution is 2.40. The summed E-state index contributed by atoms with van der Waals surface area (Å²) in [6.07, 6.45) is 2.36. The van der Waals surface area contributed by atoms with E-state index in [0.29, 0.717) is 23.3 Å². The highest BCUT2D eigenvalue weighted by Gasteiger charge is 2.36. The predicted molar refractivity (Wildman–Crippen MR) is 68.4 cm³/mol. The average Bonchev–Trinajstić information content (AvgIpc) is 2.95. The number of carboxylic acid groups (broad SMARTS) is 1. The largest absolute Gasteiger partial charge is 0.481 e. The lowest BCUT2D eigenvalue weighted by atomic mass is 9.95. The van der Waals surface area contributed by atoms with E-state index >= 15 is 0 Å². The van der Waals surface area contributed by atoms with Gasteiger partial charge in [0, 0.05) is 13.0 Å². The monoisotopic (exact) mass is 262 g/mol. The van der Waals surface area contributed by atoms with E-state index < -0.39 is 11.9 Å². The van der Waals surface area contributed by atoms with Crippen LogP contribution in [0, 0.1) is 11.7 Å². The third kappa shape index (κ3) is 1.80. The van der Waals surface area contributed by atoms with Crippen molar-refractivity contribution in [2.45, 2.75) is 25.2 Å². The van der Waals surface area contributed by atoms with Crippen LogP contribution in [0.5, 0.6) is 0 Å². The van der Waals surface area contributed by atoms with E-state index in [1.165, 1.54) is 6.07 Å². The number of hydrogen-bond acceptors (Lipinski definition) is 2. The van der Waals surface area contributed by atoms with Gasteiger partial charge in [0.05, 0.1) is 11.4 Å². The maximum absolute atomic E-state index is 13.7. The Morgan fingerprint density at radius 2 is 2.26 bits per heavy atom. The normalized spacial score (nSPS) is 23.1. The summed E-state index contributed by atoms with van der Waals surface area (Å²) >= 11 is 0. The molecule has 100 valence electrons. The van der Waals surface area contributed by atoms with Gasteiger partial charge in [0.15, 0.2) is 5.82 Å². The second kappa shape index (κ2) is 4.33. The quantitative estimate of drug-likeness (QED) is 0.905. The van der Waals surface area contributed by atoms with E-state index in [1.807, 2.05) is 11.6 Å². The number of carbonyl (C=O) groups is 1. The van der Waals surface area contributed by atoms with Gasteiger partial charge in [-0.1, -0.05) is 12.5 Å². The van der Waals surface area contributed by atoms with Gasteiger partial charge >= 0.3 is 5.97 Å². The van der Waals surface area contributed by atoms with E-state index in [-0.39, 0.29) is 11.7 Å². The fraction of sp³-hybridized carbons (Fsp3) is 0.429. The molecule has 0 amide bonds. The number of nitrogens with zero attached hydrogens (tertiary/aromatic N) is 2. The summed E-state index contributed by atoms with van der Waals surface area (Å²) in [6.45, 7) is 0. The first kappa shape index (κ1) is 12.1. The zero-order valence-corrected chi connectivity index (χ0v) is 10.6. The fourth-order valence-electron chi connectivity index (χ4n) is 3.09.